The van der Waals surface area contributed by atoms with Crippen LogP contribution in [0.5, 0.6) is 0 Å². The van der Waals surface area contributed by atoms with Gasteiger partial charge in [0.1, 0.15) is 6.04 Å². The molecule has 1 aliphatic heterocycles. The maximum absolute atomic E-state index is 13.3. The fraction of sp³-hybridized carbons (Fsp3) is 0.440. The van der Waals surface area contributed by atoms with Crippen LogP contribution in [0.4, 0.5) is 0 Å². The molecule has 3 amide bonds. The smallest absolute Gasteiger partial charge is 0.254 e. The highest BCUT2D eigenvalue weighted by molar-refractivity contribution is 5.94. The summed E-state index contributed by atoms with van der Waals surface area (Å²) >= 11 is 0. The van der Waals surface area contributed by atoms with E-state index >= 15 is 0 Å². The molecule has 2 heterocycles. The highest BCUT2D eigenvalue weighted by Gasteiger charge is 2.38. The zero-order chi connectivity index (χ0) is 23.2. The normalized spacial score (nSPS) is 22.4. The van der Waals surface area contributed by atoms with Gasteiger partial charge in [0, 0.05) is 50.2 Å². The van der Waals surface area contributed by atoms with Crippen molar-refractivity contribution >= 4 is 17.7 Å². The predicted molar refractivity (Wildman–Crippen MR) is 124 cm³/mol. The highest BCUT2D eigenvalue weighted by atomic mass is 16.2. The van der Waals surface area contributed by atoms with E-state index in [4.69, 9.17) is 5.73 Å². The van der Waals surface area contributed by atoms with Crippen LogP contribution in [0.25, 0.3) is 0 Å². The van der Waals surface area contributed by atoms with Crippen LogP contribution >= 0.6 is 0 Å². The van der Waals surface area contributed by atoms with Crippen molar-refractivity contribution in [2.24, 2.45) is 11.7 Å². The van der Waals surface area contributed by atoms with E-state index in [0.29, 0.717) is 24.2 Å². The number of aromatic nitrogens is 1. The molecule has 2 aliphatic rings. The first-order valence-electron chi connectivity index (χ1n) is 11.6. The van der Waals surface area contributed by atoms with Gasteiger partial charge in [0.15, 0.2) is 0 Å². The van der Waals surface area contributed by atoms with Gasteiger partial charge >= 0.3 is 0 Å². The van der Waals surface area contributed by atoms with Gasteiger partial charge in [-0.25, -0.2) is 0 Å². The summed E-state index contributed by atoms with van der Waals surface area (Å²) < 4.78 is 0. The van der Waals surface area contributed by atoms with Crippen molar-refractivity contribution in [3.63, 3.8) is 0 Å². The van der Waals surface area contributed by atoms with E-state index in [1.165, 1.54) is 0 Å². The third-order valence-corrected chi connectivity index (χ3v) is 6.77. The molecule has 4 rings (SSSR count). The van der Waals surface area contributed by atoms with Crippen LogP contribution in [0.2, 0.25) is 0 Å². The van der Waals surface area contributed by atoms with Crippen molar-refractivity contribution in [1.29, 1.82) is 0 Å². The monoisotopic (exact) mass is 449 g/mol. The average molecular weight is 450 g/mol. The average Bonchev–Trinajstić information content (AvgIpc) is 2.87. The van der Waals surface area contributed by atoms with Crippen LogP contribution < -0.4 is 11.1 Å². The van der Waals surface area contributed by atoms with E-state index in [0.717, 1.165) is 38.8 Å². The molecule has 1 aliphatic carbocycles. The van der Waals surface area contributed by atoms with Crippen LogP contribution in [0.1, 0.15) is 47.6 Å². The second-order valence-corrected chi connectivity index (χ2v) is 8.78. The number of rotatable bonds is 6. The Bertz CT molecular complexity index is 961. The van der Waals surface area contributed by atoms with Gasteiger partial charge in [-0.1, -0.05) is 43.2 Å². The molecule has 8 nitrogen and oxygen atoms in total. The molecule has 0 bridgehead atoms. The Hall–Kier alpha value is -3.26. The first-order chi connectivity index (χ1) is 16.0. The number of amides is 3. The summed E-state index contributed by atoms with van der Waals surface area (Å²) in [6.45, 7) is 2.70. The number of hydrogen-bond acceptors (Lipinski definition) is 5. The third kappa shape index (κ3) is 5.39. The lowest BCUT2D eigenvalue weighted by Crippen LogP contribution is -2.56. The summed E-state index contributed by atoms with van der Waals surface area (Å²) in [4.78, 5) is 46.3. The standard InChI is InChI=1S/C25H31N5O3/c26-23(31)22(18-6-2-1-3-7-18)28-24(32)20-8-4-5-9-21(20)29-14-16-30(17-15-29)25(33)19-10-12-27-13-11-19/h1-3,6-7,10-13,20-22H,4-5,8-9,14-17H2,(H2,26,31)(H,28,32)/t20-,21-,22+/m1/s1. The molecule has 3 atom stereocenters. The number of carbonyl (C=O) groups excluding carboxylic acids is 3. The summed E-state index contributed by atoms with van der Waals surface area (Å²) in [5.74, 6) is -0.873. The minimum atomic E-state index is -0.837. The topological polar surface area (TPSA) is 109 Å². The number of piperazine rings is 1. The van der Waals surface area contributed by atoms with Gasteiger partial charge in [0.25, 0.3) is 5.91 Å². The molecule has 33 heavy (non-hydrogen) atoms. The van der Waals surface area contributed by atoms with E-state index < -0.39 is 11.9 Å². The summed E-state index contributed by atoms with van der Waals surface area (Å²) in [6.07, 6.45) is 7.03. The molecule has 0 spiro atoms. The summed E-state index contributed by atoms with van der Waals surface area (Å²) in [5.41, 5.74) is 6.94. The molecule has 2 fully saturated rings. The molecule has 3 N–H and O–H groups in total. The minimum absolute atomic E-state index is 0.0159. The first kappa shape index (κ1) is 22.9. The Morgan fingerprint density at radius 2 is 1.61 bits per heavy atom. The van der Waals surface area contributed by atoms with Crippen molar-refractivity contribution in [2.75, 3.05) is 26.2 Å². The van der Waals surface area contributed by atoms with E-state index in [1.54, 1.807) is 36.7 Å². The Kier molecular flexibility index (Phi) is 7.34. The second kappa shape index (κ2) is 10.6. The lowest BCUT2D eigenvalue weighted by Gasteiger charge is -2.43. The van der Waals surface area contributed by atoms with Crippen LogP contribution in [0.15, 0.2) is 54.9 Å². The van der Waals surface area contributed by atoms with Gasteiger partial charge in [-0.15, -0.1) is 0 Å². The van der Waals surface area contributed by atoms with Crippen molar-refractivity contribution in [2.45, 2.75) is 37.8 Å². The van der Waals surface area contributed by atoms with Crippen molar-refractivity contribution < 1.29 is 14.4 Å². The number of carbonyl (C=O) groups is 3. The number of primary amides is 1. The molecule has 1 aromatic heterocycles. The molecular formula is C25H31N5O3. The second-order valence-electron chi connectivity index (χ2n) is 8.78. The van der Waals surface area contributed by atoms with E-state index in [2.05, 4.69) is 15.2 Å². The molecule has 8 heteroatoms. The van der Waals surface area contributed by atoms with E-state index in [1.807, 2.05) is 23.1 Å². The lowest BCUT2D eigenvalue weighted by molar-refractivity contribution is -0.133. The van der Waals surface area contributed by atoms with Gasteiger partial charge in [0.2, 0.25) is 11.8 Å². The summed E-state index contributed by atoms with van der Waals surface area (Å²) in [5, 5.41) is 2.91. The molecule has 1 aromatic carbocycles. The Balaban J connectivity index is 1.40. The number of nitrogens with zero attached hydrogens (tertiary/aromatic N) is 3. The highest BCUT2D eigenvalue weighted by Crippen LogP contribution is 2.30. The Morgan fingerprint density at radius 3 is 2.27 bits per heavy atom. The lowest BCUT2D eigenvalue weighted by atomic mass is 9.82. The van der Waals surface area contributed by atoms with Crippen molar-refractivity contribution in [3.8, 4) is 0 Å². The predicted octanol–water partition coefficient (Wildman–Crippen LogP) is 1.74. The van der Waals surface area contributed by atoms with Gasteiger partial charge in [-0.3, -0.25) is 24.3 Å². The third-order valence-electron chi connectivity index (χ3n) is 6.77. The molecule has 0 radical (unpaired) electrons. The number of benzene rings is 1. The molecule has 0 unspecified atom stereocenters. The largest absolute Gasteiger partial charge is 0.368 e. The van der Waals surface area contributed by atoms with Crippen LogP contribution in [0.3, 0.4) is 0 Å². The van der Waals surface area contributed by atoms with E-state index in [9.17, 15) is 14.4 Å². The zero-order valence-electron chi connectivity index (χ0n) is 18.7. The van der Waals surface area contributed by atoms with Crippen LogP contribution in [0, 0.1) is 5.92 Å². The fourth-order valence-electron chi connectivity index (χ4n) is 5.00. The maximum Gasteiger partial charge on any atom is 0.254 e. The minimum Gasteiger partial charge on any atom is -0.368 e. The fourth-order valence-corrected chi connectivity index (χ4v) is 5.00. The van der Waals surface area contributed by atoms with E-state index in [-0.39, 0.29) is 23.8 Å². The van der Waals surface area contributed by atoms with Gasteiger partial charge in [-0.2, -0.15) is 0 Å². The SMILES string of the molecule is NC(=O)[C@@H](NC(=O)[C@@H]1CCCC[C@H]1N1CCN(C(=O)c2ccncc2)CC1)c1ccccc1. The molecule has 2 aromatic rings. The zero-order valence-corrected chi connectivity index (χ0v) is 18.7. The van der Waals surface area contributed by atoms with Gasteiger partial charge in [0.05, 0.1) is 5.92 Å². The van der Waals surface area contributed by atoms with Crippen molar-refractivity contribution in [3.05, 3.63) is 66.0 Å². The quantitative estimate of drug-likeness (QED) is 0.698. The molecule has 174 valence electrons. The number of hydrogen-bond donors (Lipinski definition) is 2. The molecule has 1 saturated heterocycles. The van der Waals surface area contributed by atoms with Gasteiger partial charge < -0.3 is 16.0 Å². The number of nitrogens with two attached hydrogens (primary N) is 1. The van der Waals surface area contributed by atoms with Crippen LogP contribution in [-0.4, -0.2) is 64.7 Å². The Morgan fingerprint density at radius 1 is 0.939 bits per heavy atom. The Labute approximate surface area is 194 Å². The molecule has 1 saturated carbocycles. The number of pyridine rings is 1. The van der Waals surface area contributed by atoms with Gasteiger partial charge in [-0.05, 0) is 30.5 Å². The summed E-state index contributed by atoms with van der Waals surface area (Å²) in [7, 11) is 0. The maximum atomic E-state index is 13.3. The summed E-state index contributed by atoms with van der Waals surface area (Å²) in [6, 6.07) is 11.8. The number of nitrogens with one attached hydrogen (secondary N) is 1. The van der Waals surface area contributed by atoms with Crippen molar-refractivity contribution in [1.82, 2.24) is 20.1 Å². The van der Waals surface area contributed by atoms with Crippen LogP contribution in [-0.2, 0) is 9.59 Å². The molecular weight excluding hydrogens is 418 g/mol. The first-order valence-corrected chi connectivity index (χ1v) is 11.6.